The van der Waals surface area contributed by atoms with Crippen LogP contribution in [0.4, 0.5) is 0 Å². The molecule has 0 unspecified atom stereocenters. The largest absolute Gasteiger partial charge is 0.171 e. The van der Waals surface area contributed by atoms with E-state index in [1.54, 1.807) is 0 Å². The molecule has 50 valence electrons. The van der Waals surface area contributed by atoms with Crippen LogP contribution in [0.5, 0.6) is 0 Å². The van der Waals surface area contributed by atoms with Crippen molar-refractivity contribution in [1.29, 1.82) is 0 Å². The molecule has 0 radical (unpaired) electrons. The summed E-state index contributed by atoms with van der Waals surface area (Å²) in [6, 6.07) is 0. The first-order valence-corrected chi connectivity index (χ1v) is 8.40. The van der Waals surface area contributed by atoms with E-state index in [1.807, 2.05) is 0 Å². The second kappa shape index (κ2) is 4.40. The van der Waals surface area contributed by atoms with Crippen LogP contribution >= 0.6 is 37.8 Å². The summed E-state index contributed by atoms with van der Waals surface area (Å²) in [5.41, 5.74) is 0. The number of hydrogen-bond donors (Lipinski definition) is 0. The van der Waals surface area contributed by atoms with Gasteiger partial charge in [0.25, 0.3) is 0 Å². The smallest absolute Gasteiger partial charge is 0.0948 e. The van der Waals surface area contributed by atoms with Gasteiger partial charge < -0.3 is 0 Å². The van der Waals surface area contributed by atoms with Gasteiger partial charge in [0.1, 0.15) is 0 Å². The molecule has 5 heteroatoms. The van der Waals surface area contributed by atoms with Gasteiger partial charge in [-0.1, -0.05) is 52.6 Å². The standard InChI is InChI=1S/C3H7Cl2PS2/c1-2-3-8-6(4,5)7/h2-3H2,1H3. The van der Waals surface area contributed by atoms with Gasteiger partial charge in [0.05, 0.1) is 0 Å². The fourth-order valence-electron chi connectivity index (χ4n) is 0.198. The first-order valence-electron chi connectivity index (χ1n) is 2.20. The van der Waals surface area contributed by atoms with Gasteiger partial charge >= 0.3 is 0 Å². The average Bonchev–Trinajstić information content (AvgIpc) is 1.59. The van der Waals surface area contributed by atoms with E-state index in [-0.39, 0.29) is 0 Å². The van der Waals surface area contributed by atoms with E-state index in [9.17, 15) is 0 Å². The Morgan fingerprint density at radius 2 is 2.12 bits per heavy atom. The normalized spacial score (nSPS) is 11.9. The molecule has 0 aromatic rings. The Balaban J connectivity index is 3.26. The van der Waals surface area contributed by atoms with E-state index in [0.29, 0.717) is 0 Å². The highest BCUT2D eigenvalue weighted by atomic mass is 35.9. The van der Waals surface area contributed by atoms with Crippen molar-refractivity contribution in [1.82, 2.24) is 0 Å². The molecule has 0 saturated heterocycles. The van der Waals surface area contributed by atoms with Crippen molar-refractivity contribution < 1.29 is 0 Å². The predicted molar refractivity (Wildman–Crippen MR) is 48.7 cm³/mol. The van der Waals surface area contributed by atoms with Crippen molar-refractivity contribution in [3.05, 3.63) is 0 Å². The van der Waals surface area contributed by atoms with Gasteiger partial charge in [0.15, 0.2) is 3.95 Å². The van der Waals surface area contributed by atoms with E-state index in [1.165, 1.54) is 11.4 Å². The molecule has 0 aliphatic heterocycles. The molecule has 0 aromatic heterocycles. The fourth-order valence-corrected chi connectivity index (χ4v) is 3.69. The molecular formula is C3H7Cl2PS2. The summed E-state index contributed by atoms with van der Waals surface area (Å²) in [4.78, 5) is 0. The first-order chi connectivity index (χ1) is 3.56. The highest BCUT2D eigenvalue weighted by Crippen LogP contribution is 2.68. The van der Waals surface area contributed by atoms with E-state index in [0.717, 1.165) is 12.2 Å². The van der Waals surface area contributed by atoms with E-state index < -0.39 is 3.95 Å². The molecule has 0 aliphatic rings. The Kier molecular flexibility index (Phi) is 5.27. The number of halogens is 2. The van der Waals surface area contributed by atoms with Gasteiger partial charge in [-0.3, -0.25) is 0 Å². The maximum atomic E-state index is 5.57. The number of rotatable bonds is 3. The molecular weight excluding hydrogens is 202 g/mol. The molecule has 0 atom stereocenters. The van der Waals surface area contributed by atoms with Crippen LogP contribution in [0.2, 0.25) is 0 Å². The quantitative estimate of drug-likeness (QED) is 0.647. The van der Waals surface area contributed by atoms with Gasteiger partial charge in [-0.05, 0) is 6.42 Å². The minimum Gasteiger partial charge on any atom is -0.0948 e. The lowest BCUT2D eigenvalue weighted by Gasteiger charge is -2.00. The van der Waals surface area contributed by atoms with Crippen molar-refractivity contribution in [2.24, 2.45) is 0 Å². The maximum absolute atomic E-state index is 5.57. The summed E-state index contributed by atoms with van der Waals surface area (Å²) < 4.78 is -1.99. The zero-order valence-electron chi connectivity index (χ0n) is 4.43. The minimum atomic E-state index is -1.99. The van der Waals surface area contributed by atoms with Gasteiger partial charge in [-0.25, -0.2) is 0 Å². The summed E-state index contributed by atoms with van der Waals surface area (Å²) >= 11 is 17.4. The third kappa shape index (κ3) is 7.58. The summed E-state index contributed by atoms with van der Waals surface area (Å²) in [6.45, 7) is 2.08. The van der Waals surface area contributed by atoms with E-state index in [4.69, 9.17) is 34.3 Å². The van der Waals surface area contributed by atoms with Gasteiger partial charge in [0.2, 0.25) is 0 Å². The second-order valence-corrected chi connectivity index (χ2v) is 13.5. The molecule has 0 nitrogen and oxygen atoms in total. The Hall–Kier alpha value is 1.58. The fraction of sp³-hybridized carbons (Fsp3) is 1.00. The second-order valence-electron chi connectivity index (χ2n) is 1.25. The predicted octanol–water partition coefficient (Wildman–Crippen LogP) is 3.83. The Labute approximate surface area is 68.7 Å². The van der Waals surface area contributed by atoms with Crippen LogP contribution in [-0.4, -0.2) is 5.75 Å². The SMILES string of the molecule is CCCSP(=S)(Cl)Cl. The highest BCUT2D eigenvalue weighted by molar-refractivity contribution is 8.85. The van der Waals surface area contributed by atoms with E-state index in [2.05, 4.69) is 6.92 Å². The summed E-state index contributed by atoms with van der Waals surface area (Å²) in [5, 5.41) is 0. The molecule has 0 fully saturated rings. The minimum absolute atomic E-state index is 0.976. The Morgan fingerprint density at radius 1 is 1.62 bits per heavy atom. The lowest BCUT2D eigenvalue weighted by atomic mass is 10.6. The third-order valence-electron chi connectivity index (χ3n) is 0.446. The third-order valence-corrected chi connectivity index (χ3v) is 5.49. The summed E-state index contributed by atoms with van der Waals surface area (Å²) in [5.74, 6) is 0.976. The molecule has 0 spiro atoms. The molecule has 8 heavy (non-hydrogen) atoms. The van der Waals surface area contributed by atoms with Crippen molar-refractivity contribution in [2.45, 2.75) is 13.3 Å². The van der Waals surface area contributed by atoms with Crippen molar-refractivity contribution >= 4 is 49.6 Å². The first kappa shape index (κ1) is 9.58. The molecule has 0 aliphatic carbocycles. The van der Waals surface area contributed by atoms with Crippen LogP contribution < -0.4 is 0 Å². The van der Waals surface area contributed by atoms with Gasteiger partial charge in [0, 0.05) is 5.75 Å². The lowest BCUT2D eigenvalue weighted by Crippen LogP contribution is -1.65. The van der Waals surface area contributed by atoms with Crippen LogP contribution in [0.3, 0.4) is 0 Å². The molecule has 0 aromatic carbocycles. The molecule has 0 rings (SSSR count). The van der Waals surface area contributed by atoms with Crippen LogP contribution in [0.25, 0.3) is 0 Å². The average molecular weight is 209 g/mol. The van der Waals surface area contributed by atoms with Gasteiger partial charge in [-0.2, -0.15) is 0 Å². The van der Waals surface area contributed by atoms with Gasteiger partial charge in [-0.15, -0.1) is 0 Å². The summed E-state index contributed by atoms with van der Waals surface area (Å²) in [7, 11) is 0. The topological polar surface area (TPSA) is 0 Å². The van der Waals surface area contributed by atoms with Crippen LogP contribution in [0, 0.1) is 0 Å². The summed E-state index contributed by atoms with van der Waals surface area (Å²) in [6.07, 6.45) is 1.09. The zero-order chi connectivity index (χ0) is 6.62. The molecule has 0 bridgehead atoms. The van der Waals surface area contributed by atoms with Crippen LogP contribution in [0.1, 0.15) is 13.3 Å². The van der Waals surface area contributed by atoms with Crippen molar-refractivity contribution in [3.8, 4) is 0 Å². The molecule has 0 N–H and O–H groups in total. The zero-order valence-corrected chi connectivity index (χ0v) is 8.47. The van der Waals surface area contributed by atoms with Crippen LogP contribution in [0.15, 0.2) is 0 Å². The molecule has 0 amide bonds. The lowest BCUT2D eigenvalue weighted by molar-refractivity contribution is 1.11. The highest BCUT2D eigenvalue weighted by Gasteiger charge is 2.05. The van der Waals surface area contributed by atoms with Crippen LogP contribution in [-0.2, 0) is 11.8 Å². The molecule has 0 heterocycles. The maximum Gasteiger partial charge on any atom is 0.171 e. The van der Waals surface area contributed by atoms with Crippen molar-refractivity contribution in [2.75, 3.05) is 5.75 Å². The molecule has 0 saturated carbocycles. The van der Waals surface area contributed by atoms with Crippen molar-refractivity contribution in [3.63, 3.8) is 0 Å². The Morgan fingerprint density at radius 3 is 2.25 bits per heavy atom. The van der Waals surface area contributed by atoms with E-state index >= 15 is 0 Å². The monoisotopic (exact) mass is 208 g/mol. The Bertz CT molecular complexity index is 99.5. The number of hydrogen-bond acceptors (Lipinski definition) is 2.